The summed E-state index contributed by atoms with van der Waals surface area (Å²) in [6.07, 6.45) is 3.46. The molecule has 4 nitrogen and oxygen atoms in total. The van der Waals surface area contributed by atoms with Crippen LogP contribution in [0.1, 0.15) is 60.8 Å². The average Bonchev–Trinajstić information content (AvgIpc) is 2.69. The number of carbonyl (C=O) groups excluding carboxylic acids is 1. The molecule has 4 rings (SSSR count). The lowest BCUT2D eigenvalue weighted by Crippen LogP contribution is -2.65. The Balaban J connectivity index is 1.56. The van der Waals surface area contributed by atoms with Gasteiger partial charge in [-0.3, -0.25) is 4.79 Å². The Labute approximate surface area is 134 Å². The van der Waals surface area contributed by atoms with Crippen LogP contribution >= 0.6 is 0 Å². The fourth-order valence-electron chi connectivity index (χ4n) is 4.70. The van der Waals surface area contributed by atoms with Crippen molar-refractivity contribution in [2.45, 2.75) is 84.4 Å². The quantitative estimate of drug-likeness (QED) is 0.592. The molecule has 0 radical (unpaired) electrons. The molecule has 3 aliphatic carbocycles. The van der Waals surface area contributed by atoms with Crippen LogP contribution in [-0.4, -0.2) is 30.4 Å². The smallest absolute Gasteiger partial charge is 0.458 e. The van der Waals surface area contributed by atoms with Crippen molar-refractivity contribution in [1.82, 2.24) is 0 Å². The highest BCUT2D eigenvalue weighted by Crippen LogP contribution is 2.65. The van der Waals surface area contributed by atoms with Gasteiger partial charge < -0.3 is 14.0 Å². The molecule has 0 N–H and O–H groups in total. The third-order valence-corrected chi connectivity index (χ3v) is 6.01. The van der Waals surface area contributed by atoms with Gasteiger partial charge in [0, 0.05) is 6.42 Å². The number of ether oxygens (including phenoxy) is 1. The number of hydrogen-bond acceptors (Lipinski definition) is 4. The Morgan fingerprint density at radius 2 is 1.95 bits per heavy atom. The van der Waals surface area contributed by atoms with Crippen molar-refractivity contribution in [3.05, 3.63) is 0 Å². The summed E-state index contributed by atoms with van der Waals surface area (Å²) in [5, 5.41) is 0. The second-order valence-corrected chi connectivity index (χ2v) is 9.02. The first-order chi connectivity index (χ1) is 10.0. The lowest BCUT2D eigenvalue weighted by Gasteiger charge is -2.64. The minimum Gasteiger partial charge on any atom is -0.460 e. The number of hydrogen-bond donors (Lipinski definition) is 0. The van der Waals surface area contributed by atoms with E-state index in [0.29, 0.717) is 24.1 Å². The molecular formula is C17H29BO4. The molecule has 124 valence electrons. The second-order valence-electron chi connectivity index (χ2n) is 9.02. The number of rotatable bonds is 3. The van der Waals surface area contributed by atoms with Crippen molar-refractivity contribution in [2.75, 3.05) is 0 Å². The van der Waals surface area contributed by atoms with Gasteiger partial charge in [-0.05, 0) is 64.1 Å². The standard InChI is InChI=1S/C17H29BO4/c1-15(2,3)20-14(19)7-8-18-21-13-10-11-9-12(16(11,4)5)17(13,6)22-18/h11-13H,7-10H2,1-6H3/t11?,12?,13?,17-/m1/s1. The Hall–Kier alpha value is -0.545. The summed E-state index contributed by atoms with van der Waals surface area (Å²) in [5.74, 6) is 1.14. The molecule has 5 heteroatoms. The molecule has 0 spiro atoms. The van der Waals surface area contributed by atoms with Crippen LogP contribution in [0, 0.1) is 17.3 Å². The maximum absolute atomic E-state index is 11.9. The van der Waals surface area contributed by atoms with Crippen molar-refractivity contribution in [1.29, 1.82) is 0 Å². The van der Waals surface area contributed by atoms with Crippen LogP contribution in [0.3, 0.4) is 0 Å². The van der Waals surface area contributed by atoms with E-state index in [1.54, 1.807) is 0 Å². The fraction of sp³-hybridized carbons (Fsp3) is 0.941. The molecule has 0 aromatic rings. The van der Waals surface area contributed by atoms with Gasteiger partial charge in [0.2, 0.25) is 0 Å². The SMILES string of the molecule is CC(C)(C)OC(=O)CCB1OC2CC3CC(C3(C)C)[C@@]2(C)O1. The first-order valence-corrected chi connectivity index (χ1v) is 8.57. The zero-order valence-corrected chi connectivity index (χ0v) is 14.8. The molecule has 3 saturated carbocycles. The molecule has 0 aromatic carbocycles. The summed E-state index contributed by atoms with van der Waals surface area (Å²) < 4.78 is 17.8. The number of esters is 1. The molecule has 22 heavy (non-hydrogen) atoms. The van der Waals surface area contributed by atoms with Gasteiger partial charge >= 0.3 is 13.1 Å². The molecule has 0 amide bonds. The van der Waals surface area contributed by atoms with E-state index >= 15 is 0 Å². The first kappa shape index (κ1) is 16.3. The van der Waals surface area contributed by atoms with Gasteiger partial charge in [-0.25, -0.2) is 0 Å². The molecular weight excluding hydrogens is 279 g/mol. The van der Waals surface area contributed by atoms with E-state index in [4.69, 9.17) is 14.0 Å². The van der Waals surface area contributed by atoms with Crippen LogP contribution in [-0.2, 0) is 18.8 Å². The Morgan fingerprint density at radius 3 is 2.55 bits per heavy atom. The van der Waals surface area contributed by atoms with Gasteiger partial charge in [0.25, 0.3) is 0 Å². The molecule has 4 atom stereocenters. The van der Waals surface area contributed by atoms with E-state index < -0.39 is 5.60 Å². The van der Waals surface area contributed by atoms with E-state index in [1.165, 1.54) is 6.42 Å². The van der Waals surface area contributed by atoms with Crippen LogP contribution in [0.25, 0.3) is 0 Å². The van der Waals surface area contributed by atoms with Gasteiger partial charge in [-0.15, -0.1) is 0 Å². The maximum Gasteiger partial charge on any atom is 0.458 e. The molecule has 2 bridgehead atoms. The van der Waals surface area contributed by atoms with E-state index in [2.05, 4.69) is 20.8 Å². The average molecular weight is 308 g/mol. The van der Waals surface area contributed by atoms with Gasteiger partial charge in [-0.2, -0.15) is 0 Å². The lowest BCUT2D eigenvalue weighted by molar-refractivity contribution is -0.199. The van der Waals surface area contributed by atoms with E-state index in [1.807, 2.05) is 20.8 Å². The van der Waals surface area contributed by atoms with E-state index in [-0.39, 0.29) is 24.8 Å². The van der Waals surface area contributed by atoms with Crippen LogP contribution in [0.15, 0.2) is 0 Å². The summed E-state index contributed by atoms with van der Waals surface area (Å²) in [6.45, 7) is 12.6. The molecule has 1 saturated heterocycles. The van der Waals surface area contributed by atoms with Crippen molar-refractivity contribution >= 4 is 13.1 Å². The number of carbonyl (C=O) groups is 1. The third-order valence-electron chi connectivity index (χ3n) is 6.01. The monoisotopic (exact) mass is 308 g/mol. The van der Waals surface area contributed by atoms with Gasteiger partial charge in [0.1, 0.15) is 5.60 Å². The molecule has 1 heterocycles. The van der Waals surface area contributed by atoms with E-state index in [9.17, 15) is 4.79 Å². The van der Waals surface area contributed by atoms with Crippen LogP contribution in [0.5, 0.6) is 0 Å². The summed E-state index contributed by atoms with van der Waals surface area (Å²) in [6, 6.07) is 0. The van der Waals surface area contributed by atoms with Crippen molar-refractivity contribution in [3.8, 4) is 0 Å². The highest BCUT2D eigenvalue weighted by atomic mass is 16.7. The highest BCUT2D eigenvalue weighted by Gasteiger charge is 2.67. The zero-order chi connectivity index (χ0) is 16.3. The summed E-state index contributed by atoms with van der Waals surface area (Å²) in [7, 11) is -0.266. The van der Waals surface area contributed by atoms with Crippen LogP contribution < -0.4 is 0 Å². The van der Waals surface area contributed by atoms with Crippen LogP contribution in [0.2, 0.25) is 6.32 Å². The van der Waals surface area contributed by atoms with Crippen LogP contribution in [0.4, 0.5) is 0 Å². The maximum atomic E-state index is 11.9. The normalized spacial score (nSPS) is 39.2. The van der Waals surface area contributed by atoms with Crippen molar-refractivity contribution in [2.24, 2.45) is 17.3 Å². The van der Waals surface area contributed by atoms with Gasteiger partial charge in [0.05, 0.1) is 11.7 Å². The Bertz CT molecular complexity index is 470. The Kier molecular flexibility index (Phi) is 3.69. The highest BCUT2D eigenvalue weighted by molar-refractivity contribution is 6.45. The molecule has 4 aliphatic rings. The molecule has 0 aromatic heterocycles. The Morgan fingerprint density at radius 1 is 1.27 bits per heavy atom. The van der Waals surface area contributed by atoms with Gasteiger partial charge in [-0.1, -0.05) is 13.8 Å². The molecule has 4 fully saturated rings. The third kappa shape index (κ3) is 2.60. The molecule has 3 unspecified atom stereocenters. The lowest BCUT2D eigenvalue weighted by atomic mass is 9.43. The largest absolute Gasteiger partial charge is 0.460 e. The van der Waals surface area contributed by atoms with Gasteiger partial charge in [0.15, 0.2) is 0 Å². The minimum atomic E-state index is -0.431. The summed E-state index contributed by atoms with van der Waals surface area (Å²) >= 11 is 0. The summed E-state index contributed by atoms with van der Waals surface area (Å²) in [5.41, 5.74) is -0.259. The summed E-state index contributed by atoms with van der Waals surface area (Å²) in [4.78, 5) is 11.9. The van der Waals surface area contributed by atoms with E-state index in [0.717, 1.165) is 12.3 Å². The predicted octanol–water partition coefficient (Wildman–Crippen LogP) is 3.45. The minimum absolute atomic E-state index is 0.177. The first-order valence-electron chi connectivity index (χ1n) is 8.57. The second kappa shape index (κ2) is 4.97. The topological polar surface area (TPSA) is 44.8 Å². The van der Waals surface area contributed by atoms with Crippen molar-refractivity contribution in [3.63, 3.8) is 0 Å². The van der Waals surface area contributed by atoms with Crippen molar-refractivity contribution < 1.29 is 18.8 Å². The fourth-order valence-corrected chi connectivity index (χ4v) is 4.70. The predicted molar refractivity (Wildman–Crippen MR) is 85.4 cm³/mol. The zero-order valence-electron chi connectivity index (χ0n) is 14.8. The molecule has 1 aliphatic heterocycles.